The highest BCUT2D eigenvalue weighted by atomic mass is 35.5. The summed E-state index contributed by atoms with van der Waals surface area (Å²) in [6.07, 6.45) is 1.39. The van der Waals surface area contributed by atoms with E-state index in [1.165, 1.54) is 10.8 Å². The summed E-state index contributed by atoms with van der Waals surface area (Å²) in [5.74, 6) is 0.913. The normalized spacial score (nSPS) is 12.4. The van der Waals surface area contributed by atoms with Gasteiger partial charge in [-0.3, -0.25) is 4.79 Å². The topological polar surface area (TPSA) is 84.2 Å². The Morgan fingerprint density at radius 2 is 2.32 bits per heavy atom. The van der Waals surface area contributed by atoms with Gasteiger partial charge in [-0.1, -0.05) is 11.6 Å². The molecule has 0 saturated carbocycles. The first kappa shape index (κ1) is 13.5. The van der Waals surface area contributed by atoms with E-state index < -0.39 is 6.04 Å². The number of rotatable bonds is 4. The van der Waals surface area contributed by atoms with Crippen LogP contribution < -0.4 is 10.6 Å². The molecule has 0 radical (unpaired) electrons. The minimum atomic E-state index is -0.412. The number of hydrogen-bond donors (Lipinski definition) is 2. The number of carbonyl (C=O) groups excluding carboxylic acids is 1. The van der Waals surface area contributed by atoms with Gasteiger partial charge >= 0.3 is 0 Å². The number of aromatic nitrogens is 4. The Balaban J connectivity index is 2.36. The third-order valence-electron chi connectivity index (χ3n) is 2.70. The lowest BCUT2D eigenvalue weighted by Crippen LogP contribution is -2.38. The zero-order valence-electron chi connectivity index (χ0n) is 10.9. The Bertz CT molecular complexity index is 610. The molecule has 7 nitrogen and oxygen atoms in total. The molecule has 1 atom stereocenters. The molecule has 2 aromatic heterocycles. The van der Waals surface area contributed by atoms with Crippen LogP contribution >= 0.6 is 11.6 Å². The van der Waals surface area contributed by atoms with Crippen molar-refractivity contribution in [2.75, 3.05) is 11.9 Å². The first-order chi connectivity index (χ1) is 9.04. The average Bonchev–Trinajstić information content (AvgIpc) is 2.82. The Kier molecular flexibility index (Phi) is 3.84. The van der Waals surface area contributed by atoms with E-state index in [1.807, 2.05) is 13.8 Å². The van der Waals surface area contributed by atoms with Gasteiger partial charge in [-0.15, -0.1) is 0 Å². The fourth-order valence-corrected chi connectivity index (χ4v) is 1.83. The molecule has 0 fully saturated rings. The standard InChI is InChI=1S/C11H15ClN6O/c1-4-13-10(19)7(3)16-9-6(2)8(12)17-11-14-5-15-18(9)11/h5,7,16H,4H2,1-3H3,(H,13,19). The molecular formula is C11H15ClN6O. The van der Waals surface area contributed by atoms with Crippen LogP contribution in [0.1, 0.15) is 19.4 Å². The van der Waals surface area contributed by atoms with Crippen molar-refractivity contribution >= 4 is 29.1 Å². The van der Waals surface area contributed by atoms with Gasteiger partial charge in [0.1, 0.15) is 23.3 Å². The molecular weight excluding hydrogens is 268 g/mol. The summed E-state index contributed by atoms with van der Waals surface area (Å²) in [5.41, 5.74) is 0.718. The highest BCUT2D eigenvalue weighted by Crippen LogP contribution is 2.22. The number of nitrogens with one attached hydrogen (secondary N) is 2. The number of carbonyl (C=O) groups is 1. The van der Waals surface area contributed by atoms with E-state index in [9.17, 15) is 4.79 Å². The van der Waals surface area contributed by atoms with Crippen molar-refractivity contribution in [2.45, 2.75) is 26.8 Å². The van der Waals surface area contributed by atoms with Gasteiger partial charge in [-0.05, 0) is 20.8 Å². The van der Waals surface area contributed by atoms with E-state index in [4.69, 9.17) is 11.6 Å². The van der Waals surface area contributed by atoms with Crippen LogP contribution in [0.3, 0.4) is 0 Å². The third-order valence-corrected chi connectivity index (χ3v) is 3.07. The SMILES string of the molecule is CCNC(=O)C(C)Nc1c(C)c(Cl)nc2ncnn12. The minimum absolute atomic E-state index is 0.0944. The number of likely N-dealkylation sites (N-methyl/N-ethyl adjacent to an activating group) is 1. The lowest BCUT2D eigenvalue weighted by Gasteiger charge is -2.17. The summed E-state index contributed by atoms with van der Waals surface area (Å²) in [5, 5.41) is 10.2. The first-order valence-corrected chi connectivity index (χ1v) is 6.32. The van der Waals surface area contributed by atoms with Crippen molar-refractivity contribution in [1.82, 2.24) is 24.9 Å². The van der Waals surface area contributed by atoms with Crippen molar-refractivity contribution in [1.29, 1.82) is 0 Å². The van der Waals surface area contributed by atoms with Crippen molar-refractivity contribution in [3.05, 3.63) is 17.0 Å². The van der Waals surface area contributed by atoms with Gasteiger partial charge < -0.3 is 10.6 Å². The van der Waals surface area contributed by atoms with Crippen molar-refractivity contribution < 1.29 is 4.79 Å². The largest absolute Gasteiger partial charge is 0.358 e. The summed E-state index contributed by atoms with van der Waals surface area (Å²) in [6.45, 7) is 6.03. The first-order valence-electron chi connectivity index (χ1n) is 5.94. The highest BCUT2D eigenvalue weighted by molar-refractivity contribution is 6.30. The maximum atomic E-state index is 11.8. The van der Waals surface area contributed by atoms with Crippen LogP contribution in [0.15, 0.2) is 6.33 Å². The zero-order chi connectivity index (χ0) is 14.0. The summed E-state index contributed by atoms with van der Waals surface area (Å²) in [4.78, 5) is 19.8. The van der Waals surface area contributed by atoms with Crippen LogP contribution in [-0.4, -0.2) is 38.1 Å². The quantitative estimate of drug-likeness (QED) is 0.818. The number of nitrogens with zero attached hydrogens (tertiary/aromatic N) is 4. The maximum absolute atomic E-state index is 11.8. The van der Waals surface area contributed by atoms with Crippen LogP contribution in [0.4, 0.5) is 5.82 Å². The number of hydrogen-bond acceptors (Lipinski definition) is 5. The second-order valence-corrected chi connectivity index (χ2v) is 4.47. The number of fused-ring (bicyclic) bond motifs is 1. The fraction of sp³-hybridized carbons (Fsp3) is 0.455. The zero-order valence-corrected chi connectivity index (χ0v) is 11.7. The minimum Gasteiger partial charge on any atom is -0.358 e. The van der Waals surface area contributed by atoms with Crippen molar-refractivity contribution in [2.24, 2.45) is 0 Å². The molecule has 2 heterocycles. The van der Waals surface area contributed by atoms with Gasteiger partial charge in [0.2, 0.25) is 5.91 Å². The van der Waals surface area contributed by atoms with Crippen molar-refractivity contribution in [3.8, 4) is 0 Å². The summed E-state index contributed by atoms with van der Waals surface area (Å²) in [6, 6.07) is -0.412. The second-order valence-electron chi connectivity index (χ2n) is 4.11. The molecule has 8 heteroatoms. The van der Waals surface area contributed by atoms with E-state index in [-0.39, 0.29) is 5.91 Å². The van der Waals surface area contributed by atoms with Crippen LogP contribution in [0.5, 0.6) is 0 Å². The second kappa shape index (κ2) is 5.40. The molecule has 0 saturated heterocycles. The average molecular weight is 283 g/mol. The molecule has 0 aliphatic rings. The molecule has 1 unspecified atom stereocenters. The van der Waals surface area contributed by atoms with Crippen LogP contribution in [0.25, 0.3) is 5.78 Å². The molecule has 1 amide bonds. The molecule has 2 aromatic rings. The summed E-state index contributed by atoms with van der Waals surface area (Å²) in [7, 11) is 0. The Morgan fingerprint density at radius 3 is 3.00 bits per heavy atom. The Hall–Kier alpha value is -1.89. The summed E-state index contributed by atoms with van der Waals surface area (Å²) >= 11 is 6.04. The van der Waals surface area contributed by atoms with Crippen LogP contribution in [-0.2, 0) is 4.79 Å². The lowest BCUT2D eigenvalue weighted by molar-refractivity contribution is -0.121. The smallest absolute Gasteiger partial charge is 0.255 e. The van der Waals surface area contributed by atoms with Gasteiger partial charge in [-0.2, -0.15) is 19.6 Å². The molecule has 0 spiro atoms. The Morgan fingerprint density at radius 1 is 1.58 bits per heavy atom. The van der Waals surface area contributed by atoms with E-state index in [1.54, 1.807) is 6.92 Å². The van der Waals surface area contributed by atoms with Crippen molar-refractivity contribution in [3.63, 3.8) is 0 Å². The number of amides is 1. The molecule has 0 aromatic carbocycles. The van der Waals surface area contributed by atoms with E-state index in [0.29, 0.717) is 23.3 Å². The maximum Gasteiger partial charge on any atom is 0.255 e. The van der Waals surface area contributed by atoms with E-state index >= 15 is 0 Å². The predicted octanol–water partition coefficient (Wildman–Crippen LogP) is 1.02. The van der Waals surface area contributed by atoms with Gasteiger partial charge in [0.05, 0.1) is 0 Å². The molecule has 0 bridgehead atoms. The predicted molar refractivity (Wildman–Crippen MR) is 72.3 cm³/mol. The lowest BCUT2D eigenvalue weighted by atomic mass is 10.2. The molecule has 102 valence electrons. The summed E-state index contributed by atoms with van der Waals surface area (Å²) < 4.78 is 1.52. The number of halogens is 1. The van der Waals surface area contributed by atoms with E-state index in [2.05, 4.69) is 25.7 Å². The third kappa shape index (κ3) is 2.60. The van der Waals surface area contributed by atoms with Gasteiger partial charge in [0, 0.05) is 12.1 Å². The molecule has 2 N–H and O–H groups in total. The Labute approximate surface area is 115 Å². The molecule has 2 rings (SSSR count). The van der Waals surface area contributed by atoms with Gasteiger partial charge in [0.15, 0.2) is 0 Å². The number of anilines is 1. The fourth-order valence-electron chi connectivity index (χ4n) is 1.66. The van der Waals surface area contributed by atoms with Gasteiger partial charge in [-0.25, -0.2) is 0 Å². The van der Waals surface area contributed by atoms with Crippen LogP contribution in [0, 0.1) is 6.92 Å². The van der Waals surface area contributed by atoms with Gasteiger partial charge in [0.25, 0.3) is 5.78 Å². The molecule has 0 aliphatic carbocycles. The molecule has 19 heavy (non-hydrogen) atoms. The highest BCUT2D eigenvalue weighted by Gasteiger charge is 2.17. The van der Waals surface area contributed by atoms with Crippen LogP contribution in [0.2, 0.25) is 5.15 Å². The van der Waals surface area contributed by atoms with E-state index in [0.717, 1.165) is 5.56 Å². The monoisotopic (exact) mass is 282 g/mol. The molecule has 0 aliphatic heterocycles.